The zero-order valence-electron chi connectivity index (χ0n) is 8.97. The highest BCUT2D eigenvalue weighted by atomic mass is 32.2. The van der Waals surface area contributed by atoms with Crippen molar-refractivity contribution in [2.75, 3.05) is 7.05 Å². The second-order valence-electron chi connectivity index (χ2n) is 3.52. The van der Waals surface area contributed by atoms with Crippen molar-refractivity contribution < 1.29 is 13.5 Å². The third kappa shape index (κ3) is 2.57. The second kappa shape index (κ2) is 4.61. The quantitative estimate of drug-likeness (QED) is 0.874. The third-order valence-electron chi connectivity index (χ3n) is 2.19. The van der Waals surface area contributed by atoms with Gasteiger partial charge in [0.2, 0.25) is 10.0 Å². The molecule has 0 atom stereocenters. The maximum absolute atomic E-state index is 12.0. The van der Waals surface area contributed by atoms with Crippen molar-refractivity contribution in [3.05, 3.63) is 16.3 Å². The lowest BCUT2D eigenvalue weighted by atomic mass is 10.4. The van der Waals surface area contributed by atoms with Crippen LogP contribution in [-0.2, 0) is 16.6 Å². The summed E-state index contributed by atoms with van der Waals surface area (Å²) in [7, 11) is -1.84. The SMILES string of the molecule is CC(C)N(C)S(=O)(=O)c1csc(CO)c1. The Balaban J connectivity index is 3.06. The van der Waals surface area contributed by atoms with Gasteiger partial charge < -0.3 is 5.11 Å². The number of aliphatic hydroxyl groups is 1. The lowest BCUT2D eigenvalue weighted by molar-refractivity contribution is 0.285. The topological polar surface area (TPSA) is 57.6 Å². The summed E-state index contributed by atoms with van der Waals surface area (Å²) >= 11 is 1.25. The van der Waals surface area contributed by atoms with Gasteiger partial charge >= 0.3 is 0 Å². The fourth-order valence-electron chi connectivity index (χ4n) is 1.02. The molecule has 1 aromatic rings. The van der Waals surface area contributed by atoms with Gasteiger partial charge in [-0.25, -0.2) is 8.42 Å². The average Bonchev–Trinajstić information content (AvgIpc) is 2.65. The number of thiophene rings is 1. The Bertz CT molecular complexity index is 422. The molecule has 1 N–H and O–H groups in total. The van der Waals surface area contributed by atoms with Crippen molar-refractivity contribution in [3.8, 4) is 0 Å². The molecule has 0 fully saturated rings. The van der Waals surface area contributed by atoms with E-state index in [1.807, 2.05) is 13.8 Å². The van der Waals surface area contributed by atoms with Crippen LogP contribution in [-0.4, -0.2) is 30.9 Å². The van der Waals surface area contributed by atoms with Crippen molar-refractivity contribution in [2.24, 2.45) is 0 Å². The molecule has 0 aliphatic carbocycles. The molecular weight excluding hydrogens is 234 g/mol. The Kier molecular flexibility index (Phi) is 3.88. The zero-order chi connectivity index (χ0) is 11.6. The Hall–Kier alpha value is -0.430. The van der Waals surface area contributed by atoms with Crippen LogP contribution in [0.15, 0.2) is 16.3 Å². The number of nitrogens with zero attached hydrogens (tertiary/aromatic N) is 1. The minimum Gasteiger partial charge on any atom is -0.391 e. The molecule has 6 heteroatoms. The molecule has 0 bridgehead atoms. The summed E-state index contributed by atoms with van der Waals surface area (Å²) in [6, 6.07) is 1.44. The second-order valence-corrected chi connectivity index (χ2v) is 6.52. The number of hydrogen-bond acceptors (Lipinski definition) is 4. The van der Waals surface area contributed by atoms with E-state index in [-0.39, 0.29) is 17.5 Å². The lowest BCUT2D eigenvalue weighted by Gasteiger charge is -2.19. The Morgan fingerprint density at radius 1 is 1.53 bits per heavy atom. The van der Waals surface area contributed by atoms with E-state index in [1.54, 1.807) is 12.4 Å². The monoisotopic (exact) mass is 249 g/mol. The summed E-state index contributed by atoms with van der Waals surface area (Å²) in [5.74, 6) is 0. The molecule has 0 spiro atoms. The molecule has 0 aromatic carbocycles. The van der Waals surface area contributed by atoms with Gasteiger partial charge in [-0.05, 0) is 19.9 Å². The fourth-order valence-corrected chi connectivity index (χ4v) is 3.51. The van der Waals surface area contributed by atoms with Crippen LogP contribution in [0.2, 0.25) is 0 Å². The van der Waals surface area contributed by atoms with Crippen molar-refractivity contribution >= 4 is 21.4 Å². The van der Waals surface area contributed by atoms with Crippen LogP contribution in [0.3, 0.4) is 0 Å². The molecule has 0 saturated heterocycles. The summed E-state index contributed by atoms with van der Waals surface area (Å²) in [5, 5.41) is 10.4. The Labute approximate surface area is 94.2 Å². The number of aliphatic hydroxyl groups excluding tert-OH is 1. The van der Waals surface area contributed by atoms with Crippen LogP contribution >= 0.6 is 11.3 Å². The molecule has 1 rings (SSSR count). The van der Waals surface area contributed by atoms with Crippen LogP contribution in [0, 0.1) is 0 Å². The predicted octanol–water partition coefficient (Wildman–Crippen LogP) is 1.27. The molecule has 0 unspecified atom stereocenters. The molecule has 0 aliphatic rings. The van der Waals surface area contributed by atoms with E-state index in [1.165, 1.54) is 21.7 Å². The van der Waals surface area contributed by atoms with Crippen LogP contribution in [0.5, 0.6) is 0 Å². The summed E-state index contributed by atoms with van der Waals surface area (Å²) in [6.45, 7) is 3.51. The molecular formula is C9H15NO3S2. The van der Waals surface area contributed by atoms with E-state index in [4.69, 9.17) is 5.11 Å². The number of hydrogen-bond donors (Lipinski definition) is 1. The minimum atomic E-state index is -3.39. The van der Waals surface area contributed by atoms with Crippen LogP contribution < -0.4 is 0 Å². The first-order valence-corrected chi connectivity index (χ1v) is 6.88. The average molecular weight is 249 g/mol. The number of rotatable bonds is 4. The lowest BCUT2D eigenvalue weighted by Crippen LogP contribution is -2.32. The number of sulfonamides is 1. The Morgan fingerprint density at radius 3 is 2.53 bits per heavy atom. The van der Waals surface area contributed by atoms with Gasteiger partial charge in [0.15, 0.2) is 0 Å². The molecule has 0 amide bonds. The molecule has 0 radical (unpaired) electrons. The maximum atomic E-state index is 12.0. The van der Waals surface area contributed by atoms with E-state index in [0.717, 1.165) is 0 Å². The first-order valence-electron chi connectivity index (χ1n) is 4.56. The van der Waals surface area contributed by atoms with E-state index in [9.17, 15) is 8.42 Å². The van der Waals surface area contributed by atoms with Gasteiger partial charge in [0.1, 0.15) is 0 Å². The minimum absolute atomic E-state index is 0.0764. The molecule has 86 valence electrons. The van der Waals surface area contributed by atoms with Crippen molar-refractivity contribution in [2.45, 2.75) is 31.4 Å². The highest BCUT2D eigenvalue weighted by molar-refractivity contribution is 7.89. The normalized spacial score (nSPS) is 12.7. The van der Waals surface area contributed by atoms with Gasteiger partial charge in [-0.3, -0.25) is 0 Å². The van der Waals surface area contributed by atoms with Crippen LogP contribution in [0.1, 0.15) is 18.7 Å². The maximum Gasteiger partial charge on any atom is 0.243 e. The molecule has 4 nitrogen and oxygen atoms in total. The van der Waals surface area contributed by atoms with Gasteiger partial charge in [-0.1, -0.05) is 0 Å². The largest absolute Gasteiger partial charge is 0.391 e. The van der Waals surface area contributed by atoms with Crippen molar-refractivity contribution in [3.63, 3.8) is 0 Å². The first-order chi connectivity index (χ1) is 6.89. The molecule has 0 saturated carbocycles. The highest BCUT2D eigenvalue weighted by Crippen LogP contribution is 2.22. The summed E-state index contributed by atoms with van der Waals surface area (Å²) in [5.41, 5.74) is 0. The predicted molar refractivity (Wildman–Crippen MR) is 60.3 cm³/mol. The smallest absolute Gasteiger partial charge is 0.243 e. The van der Waals surface area contributed by atoms with Gasteiger partial charge in [0.25, 0.3) is 0 Å². The molecule has 1 heterocycles. The van der Waals surface area contributed by atoms with Gasteiger partial charge in [0, 0.05) is 23.3 Å². The van der Waals surface area contributed by atoms with Gasteiger partial charge in [-0.2, -0.15) is 4.31 Å². The van der Waals surface area contributed by atoms with Crippen LogP contribution in [0.4, 0.5) is 0 Å². The molecule has 15 heavy (non-hydrogen) atoms. The van der Waals surface area contributed by atoms with E-state index >= 15 is 0 Å². The van der Waals surface area contributed by atoms with E-state index in [0.29, 0.717) is 4.88 Å². The van der Waals surface area contributed by atoms with Gasteiger partial charge in [0.05, 0.1) is 11.5 Å². The highest BCUT2D eigenvalue weighted by Gasteiger charge is 2.23. The third-order valence-corrected chi connectivity index (χ3v) is 5.27. The summed E-state index contributed by atoms with van der Waals surface area (Å²) in [6.07, 6.45) is 0. The van der Waals surface area contributed by atoms with Gasteiger partial charge in [-0.15, -0.1) is 11.3 Å². The first kappa shape index (κ1) is 12.6. The van der Waals surface area contributed by atoms with E-state index in [2.05, 4.69) is 0 Å². The zero-order valence-corrected chi connectivity index (χ0v) is 10.6. The summed E-state index contributed by atoms with van der Waals surface area (Å²) < 4.78 is 25.2. The Morgan fingerprint density at radius 2 is 2.13 bits per heavy atom. The molecule has 0 aliphatic heterocycles. The standard InChI is InChI=1S/C9H15NO3S2/c1-7(2)10(3)15(12,13)9-4-8(5-11)14-6-9/h4,6-7,11H,5H2,1-3H3. The fraction of sp³-hybridized carbons (Fsp3) is 0.556. The van der Waals surface area contributed by atoms with Crippen LogP contribution in [0.25, 0.3) is 0 Å². The van der Waals surface area contributed by atoms with E-state index < -0.39 is 10.0 Å². The summed E-state index contributed by atoms with van der Waals surface area (Å²) in [4.78, 5) is 0.915. The van der Waals surface area contributed by atoms with Crippen molar-refractivity contribution in [1.82, 2.24) is 4.31 Å². The van der Waals surface area contributed by atoms with Crippen molar-refractivity contribution in [1.29, 1.82) is 0 Å². The molecule has 1 aromatic heterocycles.